The van der Waals surface area contributed by atoms with Gasteiger partial charge in [0.2, 0.25) is 0 Å². The third kappa shape index (κ3) is 2.47. The fraction of sp³-hybridized carbons (Fsp3) is 0.480. The summed E-state index contributed by atoms with van der Waals surface area (Å²) in [7, 11) is 0. The molecule has 6 atom stereocenters. The van der Waals surface area contributed by atoms with Gasteiger partial charge in [-0.05, 0) is 86.8 Å². The summed E-state index contributed by atoms with van der Waals surface area (Å²) in [4.78, 5) is 12.5. The van der Waals surface area contributed by atoms with Crippen LogP contribution in [0.1, 0.15) is 31.7 Å². The molecule has 29 heavy (non-hydrogen) atoms. The van der Waals surface area contributed by atoms with E-state index in [1.54, 1.807) is 0 Å². The highest BCUT2D eigenvalue weighted by Crippen LogP contribution is 2.88. The lowest BCUT2D eigenvalue weighted by molar-refractivity contribution is -0.182. The topological polar surface area (TPSA) is 44.8 Å². The second-order valence-electron chi connectivity index (χ2n) is 9.66. The van der Waals surface area contributed by atoms with Crippen LogP contribution in [0.25, 0.3) is 0 Å². The van der Waals surface area contributed by atoms with Crippen molar-refractivity contribution in [3.63, 3.8) is 0 Å². The van der Waals surface area contributed by atoms with E-state index in [0.717, 1.165) is 23.3 Å². The normalized spacial score (nSPS) is 37.4. The first-order valence-corrected chi connectivity index (χ1v) is 10.7. The Morgan fingerprint density at radius 3 is 2.31 bits per heavy atom. The molecule has 0 N–H and O–H groups in total. The predicted molar refractivity (Wildman–Crippen MR) is 108 cm³/mol. The van der Waals surface area contributed by atoms with E-state index >= 15 is 0 Å². The van der Waals surface area contributed by atoms with Crippen LogP contribution in [0.3, 0.4) is 0 Å². The van der Waals surface area contributed by atoms with Crippen LogP contribution in [0.4, 0.5) is 0 Å². The Morgan fingerprint density at radius 2 is 1.66 bits per heavy atom. The number of benzene rings is 2. The highest BCUT2D eigenvalue weighted by atomic mass is 16.6. The second-order valence-corrected chi connectivity index (χ2v) is 9.66. The molecule has 2 aromatic carbocycles. The molecule has 4 heteroatoms. The molecular weight excluding hydrogens is 364 g/mol. The predicted octanol–water partition coefficient (Wildman–Crippen LogP) is 5.14. The molecule has 0 amide bonds. The van der Waals surface area contributed by atoms with Gasteiger partial charge in [0.15, 0.2) is 6.61 Å². The van der Waals surface area contributed by atoms with Crippen molar-refractivity contribution in [2.45, 2.75) is 38.7 Å². The van der Waals surface area contributed by atoms with E-state index in [4.69, 9.17) is 14.2 Å². The quantitative estimate of drug-likeness (QED) is 0.641. The highest BCUT2D eigenvalue weighted by molar-refractivity contribution is 5.72. The third-order valence-electron chi connectivity index (χ3n) is 8.12. The standard InChI is InChI=1S/C25H26O4/c1-15-3-5-18(6-4-15)28-19-9-7-17(8-10-19)27-14-22(26)29-24(2)20-11-16-12-25(23(16)20)13-21(24)25/h3-10,16,20-21,23H,11-14H2,1-2H3. The lowest BCUT2D eigenvalue weighted by atomic mass is 9.47. The Kier molecular flexibility index (Phi) is 3.46. The maximum atomic E-state index is 12.5. The van der Waals surface area contributed by atoms with E-state index in [0.29, 0.717) is 23.0 Å². The first-order chi connectivity index (χ1) is 14.0. The van der Waals surface area contributed by atoms with Crippen molar-refractivity contribution in [3.8, 4) is 17.2 Å². The van der Waals surface area contributed by atoms with Crippen molar-refractivity contribution in [1.29, 1.82) is 0 Å². The van der Waals surface area contributed by atoms with Crippen molar-refractivity contribution in [3.05, 3.63) is 54.1 Å². The van der Waals surface area contributed by atoms with Crippen LogP contribution in [0, 0.1) is 36.0 Å². The lowest BCUT2D eigenvalue weighted by Crippen LogP contribution is -2.55. The summed E-state index contributed by atoms with van der Waals surface area (Å²) in [6, 6.07) is 15.3. The number of hydrogen-bond acceptors (Lipinski definition) is 4. The number of ether oxygens (including phenoxy) is 3. The lowest BCUT2D eigenvalue weighted by Gasteiger charge is -2.58. The minimum Gasteiger partial charge on any atom is -0.482 e. The molecule has 2 aromatic rings. The van der Waals surface area contributed by atoms with Crippen LogP contribution in [-0.4, -0.2) is 18.2 Å². The summed E-state index contributed by atoms with van der Waals surface area (Å²) in [6.07, 6.45) is 3.88. The van der Waals surface area contributed by atoms with E-state index in [2.05, 4.69) is 6.92 Å². The summed E-state index contributed by atoms with van der Waals surface area (Å²) in [5, 5.41) is 0. The minimum atomic E-state index is -0.260. The zero-order valence-electron chi connectivity index (χ0n) is 16.9. The molecule has 150 valence electrons. The Balaban J connectivity index is 1.04. The summed E-state index contributed by atoms with van der Waals surface area (Å²) in [5.74, 6) is 4.85. The first-order valence-electron chi connectivity index (χ1n) is 10.7. The molecule has 6 rings (SSSR count). The van der Waals surface area contributed by atoms with E-state index < -0.39 is 0 Å². The minimum absolute atomic E-state index is 0.0473. The monoisotopic (exact) mass is 390 g/mol. The molecule has 0 heterocycles. The second kappa shape index (κ2) is 5.78. The van der Waals surface area contributed by atoms with Gasteiger partial charge in [0.25, 0.3) is 0 Å². The van der Waals surface area contributed by atoms with Crippen LogP contribution < -0.4 is 9.47 Å². The zero-order valence-corrected chi connectivity index (χ0v) is 16.9. The maximum Gasteiger partial charge on any atom is 0.344 e. The molecule has 6 unspecified atom stereocenters. The van der Waals surface area contributed by atoms with Crippen LogP contribution in [0.15, 0.2) is 48.5 Å². The average Bonchev–Trinajstić information content (AvgIpc) is 3.42. The molecule has 0 saturated heterocycles. The van der Waals surface area contributed by atoms with E-state index in [9.17, 15) is 4.79 Å². The molecule has 0 aliphatic heterocycles. The van der Waals surface area contributed by atoms with Gasteiger partial charge in [-0.3, -0.25) is 0 Å². The molecule has 4 aliphatic rings. The fourth-order valence-electron chi connectivity index (χ4n) is 6.74. The van der Waals surface area contributed by atoms with Crippen molar-refractivity contribution in [2.75, 3.05) is 6.61 Å². The van der Waals surface area contributed by atoms with Crippen LogP contribution >= 0.6 is 0 Å². The number of carbonyl (C=O) groups is 1. The fourth-order valence-corrected chi connectivity index (χ4v) is 6.74. The van der Waals surface area contributed by atoms with Gasteiger partial charge >= 0.3 is 5.97 Å². The first kappa shape index (κ1) is 17.4. The van der Waals surface area contributed by atoms with Crippen LogP contribution in [0.5, 0.6) is 17.2 Å². The van der Waals surface area contributed by atoms with Crippen LogP contribution in [0.2, 0.25) is 0 Å². The average molecular weight is 390 g/mol. The summed E-state index contributed by atoms with van der Waals surface area (Å²) in [5.41, 5.74) is 1.49. The number of hydrogen-bond donors (Lipinski definition) is 0. The molecule has 1 spiro atoms. The molecule has 4 aliphatic carbocycles. The van der Waals surface area contributed by atoms with E-state index in [-0.39, 0.29) is 18.2 Å². The Bertz CT molecular complexity index is 959. The van der Waals surface area contributed by atoms with Crippen molar-refractivity contribution in [2.24, 2.45) is 29.1 Å². The maximum absolute atomic E-state index is 12.5. The van der Waals surface area contributed by atoms with Gasteiger partial charge in [0.05, 0.1) is 0 Å². The van der Waals surface area contributed by atoms with Gasteiger partial charge in [-0.25, -0.2) is 4.79 Å². The molecule has 0 bridgehead atoms. The number of aryl methyl sites for hydroxylation is 1. The van der Waals surface area contributed by atoms with Crippen molar-refractivity contribution in [1.82, 2.24) is 0 Å². The van der Waals surface area contributed by atoms with Gasteiger partial charge in [-0.1, -0.05) is 17.7 Å². The Hall–Kier alpha value is -2.49. The van der Waals surface area contributed by atoms with E-state index in [1.807, 2.05) is 55.5 Å². The molecule has 4 nitrogen and oxygen atoms in total. The smallest absolute Gasteiger partial charge is 0.344 e. The van der Waals surface area contributed by atoms with E-state index in [1.165, 1.54) is 24.8 Å². The molecule has 4 fully saturated rings. The Labute approximate surface area is 171 Å². The van der Waals surface area contributed by atoms with Crippen molar-refractivity contribution < 1.29 is 19.0 Å². The highest BCUT2D eigenvalue weighted by Gasteiger charge is 2.86. The molecule has 0 aromatic heterocycles. The van der Waals surface area contributed by atoms with Gasteiger partial charge in [-0.15, -0.1) is 0 Å². The van der Waals surface area contributed by atoms with Gasteiger partial charge in [0.1, 0.15) is 22.8 Å². The van der Waals surface area contributed by atoms with Gasteiger partial charge < -0.3 is 14.2 Å². The summed E-state index contributed by atoms with van der Waals surface area (Å²) >= 11 is 0. The van der Waals surface area contributed by atoms with Crippen LogP contribution in [-0.2, 0) is 9.53 Å². The summed E-state index contributed by atoms with van der Waals surface area (Å²) in [6.45, 7) is 4.17. The molecular formula is C25H26O4. The number of carbonyl (C=O) groups excluding carboxylic acids is 1. The third-order valence-corrected chi connectivity index (χ3v) is 8.12. The van der Waals surface area contributed by atoms with Gasteiger partial charge in [-0.2, -0.15) is 0 Å². The number of esters is 1. The SMILES string of the molecule is Cc1ccc(Oc2ccc(OCC(=O)OC3(C)C4CC5CC6(CC63)C54)cc2)cc1. The summed E-state index contributed by atoms with van der Waals surface area (Å²) < 4.78 is 17.5. The largest absolute Gasteiger partial charge is 0.482 e. The number of rotatable bonds is 6. The van der Waals surface area contributed by atoms with Gasteiger partial charge in [0, 0.05) is 11.8 Å². The molecule has 4 saturated carbocycles. The van der Waals surface area contributed by atoms with Crippen molar-refractivity contribution >= 4 is 5.97 Å². The Morgan fingerprint density at radius 1 is 1.00 bits per heavy atom. The zero-order chi connectivity index (χ0) is 19.8. The molecule has 0 radical (unpaired) electrons.